The number of rotatable bonds is 3. The zero-order valence-electron chi connectivity index (χ0n) is 10.2. The molecule has 3 nitrogen and oxygen atoms in total. The molecule has 96 valence electrons. The van der Waals surface area contributed by atoms with Crippen molar-refractivity contribution in [3.05, 3.63) is 69.2 Å². The maximum Gasteiger partial charge on any atom is 0.336 e. The molecule has 0 fully saturated rings. The third kappa shape index (κ3) is 2.74. The molecule has 0 bridgehead atoms. The predicted octanol–water partition coefficient (Wildman–Crippen LogP) is 3.69. The number of hydrogen-bond acceptors (Lipinski definition) is 2. The van der Waals surface area contributed by atoms with E-state index in [0.717, 1.165) is 10.0 Å². The lowest BCUT2D eigenvalue weighted by Crippen LogP contribution is -2.10. The Balaban J connectivity index is 2.56. The topological polar surface area (TPSA) is 54.4 Å². The Morgan fingerprint density at radius 1 is 1.00 bits per heavy atom. The normalized spacial score (nSPS) is 10.2. The smallest absolute Gasteiger partial charge is 0.336 e. The summed E-state index contributed by atoms with van der Waals surface area (Å²) in [7, 11) is 0. The van der Waals surface area contributed by atoms with E-state index in [0.29, 0.717) is 5.56 Å². The van der Waals surface area contributed by atoms with Crippen LogP contribution in [0.5, 0.6) is 0 Å². The Kier molecular flexibility index (Phi) is 3.81. The number of aromatic carboxylic acids is 1. The molecule has 2 aromatic rings. The highest BCUT2D eigenvalue weighted by Crippen LogP contribution is 2.21. The predicted molar refractivity (Wildman–Crippen MR) is 75.7 cm³/mol. The highest BCUT2D eigenvalue weighted by molar-refractivity contribution is 9.10. The molecule has 0 aliphatic rings. The molecule has 0 aliphatic heterocycles. The van der Waals surface area contributed by atoms with Gasteiger partial charge < -0.3 is 5.11 Å². The second-order valence-electron chi connectivity index (χ2n) is 4.14. The third-order valence-corrected chi connectivity index (χ3v) is 3.34. The Bertz CT molecular complexity index is 662. The number of aryl methyl sites for hydroxylation is 1. The van der Waals surface area contributed by atoms with Gasteiger partial charge in [-0.3, -0.25) is 4.79 Å². The fourth-order valence-electron chi connectivity index (χ4n) is 1.85. The lowest BCUT2D eigenvalue weighted by atomic mass is 9.96. The number of halogens is 1. The zero-order chi connectivity index (χ0) is 14.0. The van der Waals surface area contributed by atoms with Gasteiger partial charge >= 0.3 is 5.97 Å². The number of ketones is 1. The lowest BCUT2D eigenvalue weighted by Gasteiger charge is -2.08. The Morgan fingerprint density at radius 2 is 1.63 bits per heavy atom. The summed E-state index contributed by atoms with van der Waals surface area (Å²) in [6.07, 6.45) is 0. The van der Waals surface area contributed by atoms with Crippen molar-refractivity contribution in [2.45, 2.75) is 6.92 Å². The maximum absolute atomic E-state index is 12.5. The monoisotopic (exact) mass is 318 g/mol. The van der Waals surface area contributed by atoms with Crippen LogP contribution in [0.1, 0.15) is 31.8 Å². The summed E-state index contributed by atoms with van der Waals surface area (Å²) in [4.78, 5) is 23.6. The van der Waals surface area contributed by atoms with Gasteiger partial charge in [-0.15, -0.1) is 0 Å². The van der Waals surface area contributed by atoms with Gasteiger partial charge in [-0.05, 0) is 30.7 Å². The van der Waals surface area contributed by atoms with Gasteiger partial charge in [0.1, 0.15) is 0 Å². The lowest BCUT2D eigenvalue weighted by molar-refractivity contribution is 0.0693. The highest BCUT2D eigenvalue weighted by atomic mass is 79.9. The molecule has 0 heterocycles. The number of benzene rings is 2. The van der Waals surface area contributed by atoms with Crippen molar-refractivity contribution in [1.29, 1.82) is 0 Å². The molecule has 1 N–H and O–H groups in total. The number of carboxylic acid groups (broad SMARTS) is 1. The first kappa shape index (κ1) is 13.5. The summed E-state index contributed by atoms with van der Waals surface area (Å²) in [6.45, 7) is 1.82. The van der Waals surface area contributed by atoms with E-state index in [2.05, 4.69) is 15.9 Å². The molecule has 2 rings (SSSR count). The number of hydrogen-bond donors (Lipinski definition) is 1. The van der Waals surface area contributed by atoms with Crippen molar-refractivity contribution in [3.63, 3.8) is 0 Å². The Morgan fingerprint density at radius 3 is 2.26 bits per heavy atom. The van der Waals surface area contributed by atoms with Gasteiger partial charge in [-0.2, -0.15) is 0 Å². The van der Waals surface area contributed by atoms with Gasteiger partial charge in [0.05, 0.1) is 5.56 Å². The molecular weight excluding hydrogens is 308 g/mol. The molecule has 4 heteroatoms. The van der Waals surface area contributed by atoms with E-state index in [1.165, 1.54) is 12.1 Å². The van der Waals surface area contributed by atoms with Crippen molar-refractivity contribution in [1.82, 2.24) is 0 Å². The fourth-order valence-corrected chi connectivity index (χ4v) is 2.21. The standard InChI is InChI=1S/C15H11BrO3/c1-9-6-7-10(16)8-13(9)14(17)11-4-2-3-5-12(11)15(18)19/h2-8H,1H3,(H,18,19). The van der Waals surface area contributed by atoms with Crippen LogP contribution in [0.4, 0.5) is 0 Å². The van der Waals surface area contributed by atoms with Crippen LogP contribution in [0.3, 0.4) is 0 Å². The van der Waals surface area contributed by atoms with Gasteiger partial charge in [0.2, 0.25) is 0 Å². The minimum atomic E-state index is -1.10. The summed E-state index contributed by atoms with van der Waals surface area (Å²) in [5.41, 5.74) is 1.54. The molecule has 0 aromatic heterocycles. The Labute approximate surface area is 119 Å². The summed E-state index contributed by atoms with van der Waals surface area (Å²) in [5, 5.41) is 9.12. The average Bonchev–Trinajstić information content (AvgIpc) is 2.40. The van der Waals surface area contributed by atoms with Crippen LogP contribution < -0.4 is 0 Å². The molecule has 0 radical (unpaired) electrons. The van der Waals surface area contributed by atoms with Crippen LogP contribution in [0.2, 0.25) is 0 Å². The van der Waals surface area contributed by atoms with Crippen molar-refractivity contribution in [2.75, 3.05) is 0 Å². The second kappa shape index (κ2) is 5.36. The summed E-state index contributed by atoms with van der Waals surface area (Å²) in [5.74, 6) is -1.38. The average molecular weight is 319 g/mol. The van der Waals surface area contributed by atoms with E-state index in [1.54, 1.807) is 18.2 Å². The van der Waals surface area contributed by atoms with Crippen LogP contribution in [0.15, 0.2) is 46.9 Å². The summed E-state index contributed by atoms with van der Waals surface area (Å²) in [6, 6.07) is 11.6. The van der Waals surface area contributed by atoms with Crippen LogP contribution >= 0.6 is 15.9 Å². The number of carboxylic acids is 1. The first-order valence-corrected chi connectivity index (χ1v) is 6.43. The molecule has 0 unspecified atom stereocenters. The number of carbonyl (C=O) groups is 2. The fraction of sp³-hybridized carbons (Fsp3) is 0.0667. The molecule has 19 heavy (non-hydrogen) atoms. The van der Waals surface area contributed by atoms with E-state index in [-0.39, 0.29) is 16.9 Å². The molecular formula is C15H11BrO3. The molecule has 0 atom stereocenters. The minimum absolute atomic E-state index is 0.0203. The summed E-state index contributed by atoms with van der Waals surface area (Å²) >= 11 is 3.32. The molecule has 0 saturated carbocycles. The van der Waals surface area contributed by atoms with Crippen LogP contribution in [0, 0.1) is 6.92 Å². The van der Waals surface area contributed by atoms with Gasteiger partial charge in [0.15, 0.2) is 5.78 Å². The Hall–Kier alpha value is -1.94. The minimum Gasteiger partial charge on any atom is -0.478 e. The van der Waals surface area contributed by atoms with Gasteiger partial charge in [-0.25, -0.2) is 4.79 Å². The van der Waals surface area contributed by atoms with Crippen molar-refractivity contribution in [3.8, 4) is 0 Å². The van der Waals surface area contributed by atoms with E-state index in [4.69, 9.17) is 5.11 Å². The quantitative estimate of drug-likeness (QED) is 0.878. The van der Waals surface area contributed by atoms with Crippen LogP contribution in [0.25, 0.3) is 0 Å². The SMILES string of the molecule is Cc1ccc(Br)cc1C(=O)c1ccccc1C(=O)O. The highest BCUT2D eigenvalue weighted by Gasteiger charge is 2.18. The van der Waals surface area contributed by atoms with E-state index >= 15 is 0 Å². The van der Waals surface area contributed by atoms with Crippen molar-refractivity contribution >= 4 is 27.7 Å². The van der Waals surface area contributed by atoms with E-state index < -0.39 is 5.97 Å². The zero-order valence-corrected chi connectivity index (χ0v) is 11.8. The van der Waals surface area contributed by atoms with Crippen LogP contribution in [-0.4, -0.2) is 16.9 Å². The van der Waals surface area contributed by atoms with E-state index in [1.807, 2.05) is 19.1 Å². The van der Waals surface area contributed by atoms with E-state index in [9.17, 15) is 9.59 Å². The molecule has 0 spiro atoms. The largest absolute Gasteiger partial charge is 0.478 e. The second-order valence-corrected chi connectivity index (χ2v) is 5.05. The van der Waals surface area contributed by atoms with Gasteiger partial charge in [-0.1, -0.05) is 40.2 Å². The molecule has 0 amide bonds. The molecule has 2 aromatic carbocycles. The molecule has 0 saturated heterocycles. The van der Waals surface area contributed by atoms with Crippen molar-refractivity contribution < 1.29 is 14.7 Å². The van der Waals surface area contributed by atoms with Gasteiger partial charge in [0, 0.05) is 15.6 Å². The first-order chi connectivity index (χ1) is 9.00. The maximum atomic E-state index is 12.5. The van der Waals surface area contributed by atoms with Crippen LogP contribution in [-0.2, 0) is 0 Å². The number of carbonyl (C=O) groups excluding carboxylic acids is 1. The third-order valence-electron chi connectivity index (χ3n) is 2.85. The summed E-state index contributed by atoms with van der Waals surface area (Å²) < 4.78 is 0.786. The van der Waals surface area contributed by atoms with Crippen molar-refractivity contribution in [2.24, 2.45) is 0 Å². The van der Waals surface area contributed by atoms with Gasteiger partial charge in [0.25, 0.3) is 0 Å². The first-order valence-electron chi connectivity index (χ1n) is 5.64. The molecule has 0 aliphatic carbocycles.